The van der Waals surface area contributed by atoms with E-state index >= 15 is 0 Å². The number of fused-ring (bicyclic) bond motifs is 4. The second kappa shape index (κ2) is 15.8. The van der Waals surface area contributed by atoms with Gasteiger partial charge in [-0.15, -0.1) is 0 Å². The van der Waals surface area contributed by atoms with E-state index in [0.717, 1.165) is 0 Å². The number of rotatable bonds is 6. The third-order valence-electron chi connectivity index (χ3n) is 9.35. The molecule has 0 fully saturated rings. The Balaban J connectivity index is 0.000000177. The molecule has 0 saturated heterocycles. The number of hydrogen-bond donors (Lipinski definition) is 2. The first-order chi connectivity index (χ1) is 27.9. The quantitative estimate of drug-likeness (QED) is 0.120. The first kappa shape index (κ1) is 39.2. The molecule has 292 valence electrons. The predicted octanol–water partition coefficient (Wildman–Crippen LogP) is 9.44. The van der Waals surface area contributed by atoms with Gasteiger partial charge in [-0.05, 0) is 47.5 Å². The van der Waals surface area contributed by atoms with Crippen molar-refractivity contribution in [1.82, 2.24) is 0 Å². The molecule has 4 aromatic carbocycles. The first-order valence-corrected chi connectivity index (χ1v) is 17.9. The lowest BCUT2D eigenvalue weighted by molar-refractivity contribution is 0.0592. The van der Waals surface area contributed by atoms with E-state index in [4.69, 9.17) is 51.0 Å². The number of phenolic OH excluding ortho intramolecular Hbond substituents is 2. The Hall–Kier alpha value is -7.02. The molecule has 0 atom stereocenters. The lowest BCUT2D eigenvalue weighted by Gasteiger charge is -2.18. The van der Waals surface area contributed by atoms with E-state index in [2.05, 4.69) is 0 Å². The van der Waals surface area contributed by atoms with Crippen LogP contribution in [0.3, 0.4) is 0 Å². The van der Waals surface area contributed by atoms with Crippen molar-refractivity contribution in [2.45, 2.75) is 0 Å². The van der Waals surface area contributed by atoms with Crippen LogP contribution in [0.5, 0.6) is 23.0 Å². The van der Waals surface area contributed by atoms with Crippen molar-refractivity contribution in [3.63, 3.8) is 0 Å². The normalized spacial score (nSPS) is 11.0. The van der Waals surface area contributed by atoms with Crippen LogP contribution in [0.25, 0.3) is 66.8 Å². The highest BCUT2D eigenvalue weighted by molar-refractivity contribution is 6.33. The molecule has 4 aromatic rings. The van der Waals surface area contributed by atoms with Gasteiger partial charge in [0.15, 0.2) is 17.2 Å². The zero-order valence-electron chi connectivity index (χ0n) is 31.0. The number of benzene rings is 6. The highest BCUT2D eigenvalue weighted by atomic mass is 35.5. The molecule has 4 aliphatic rings. The fourth-order valence-corrected chi connectivity index (χ4v) is 7.02. The molecule has 0 saturated carbocycles. The van der Waals surface area contributed by atoms with E-state index < -0.39 is 17.4 Å². The number of carbonyl (C=O) groups excluding carboxylic acids is 2. The lowest BCUT2D eigenvalue weighted by atomic mass is 9.90. The van der Waals surface area contributed by atoms with E-state index in [9.17, 15) is 29.4 Å². The highest BCUT2D eigenvalue weighted by Gasteiger charge is 2.26. The van der Waals surface area contributed by atoms with Crippen molar-refractivity contribution in [3.05, 3.63) is 139 Å². The van der Waals surface area contributed by atoms with Crippen molar-refractivity contribution < 1.29 is 47.6 Å². The van der Waals surface area contributed by atoms with Crippen LogP contribution in [0.4, 0.5) is 0 Å². The van der Waals surface area contributed by atoms with Crippen molar-refractivity contribution in [2.75, 3.05) is 28.4 Å². The summed E-state index contributed by atoms with van der Waals surface area (Å²) < 4.78 is 32.0. The summed E-state index contributed by atoms with van der Waals surface area (Å²) in [5.74, 6) is -0.386. The summed E-state index contributed by atoms with van der Waals surface area (Å²) in [6.45, 7) is 0. The molecule has 0 amide bonds. The number of methoxy groups -OCH3 is 4. The molecule has 0 unspecified atom stereocenters. The Bertz CT molecular complexity index is 2980. The van der Waals surface area contributed by atoms with Crippen molar-refractivity contribution >= 4 is 57.1 Å². The molecule has 8 rings (SSSR count). The minimum Gasteiger partial charge on any atom is -0.506 e. The Morgan fingerprint density at radius 3 is 1.55 bits per heavy atom. The summed E-state index contributed by atoms with van der Waals surface area (Å²) in [4.78, 5) is 49.1. The second-order valence-corrected chi connectivity index (χ2v) is 13.4. The molecule has 2 N–H and O–H groups in total. The summed E-state index contributed by atoms with van der Waals surface area (Å²) in [6, 6.07) is 25.4. The minimum atomic E-state index is -0.519. The number of esters is 2. The van der Waals surface area contributed by atoms with Gasteiger partial charge in [-0.2, -0.15) is 0 Å². The molecule has 0 spiro atoms. The number of hydrogen-bond acceptors (Lipinski definition) is 12. The van der Waals surface area contributed by atoms with Crippen LogP contribution >= 0.6 is 23.2 Å². The first-order valence-electron chi connectivity index (χ1n) is 17.2. The molecule has 14 heteroatoms. The van der Waals surface area contributed by atoms with Crippen LogP contribution in [0, 0.1) is 0 Å². The second-order valence-electron chi connectivity index (χ2n) is 12.6. The van der Waals surface area contributed by atoms with Gasteiger partial charge >= 0.3 is 11.9 Å². The third-order valence-corrected chi connectivity index (χ3v) is 9.95. The van der Waals surface area contributed by atoms with Crippen LogP contribution in [0.2, 0.25) is 10.0 Å². The van der Waals surface area contributed by atoms with Gasteiger partial charge in [0.05, 0.1) is 49.6 Å². The van der Waals surface area contributed by atoms with Gasteiger partial charge in [-0.3, -0.25) is 9.59 Å². The zero-order valence-corrected chi connectivity index (χ0v) is 32.5. The zero-order chi connectivity index (χ0) is 41.4. The maximum atomic E-state index is 12.4. The average Bonchev–Trinajstić information content (AvgIpc) is 3.22. The summed E-state index contributed by atoms with van der Waals surface area (Å²) in [7, 11) is 5.45. The van der Waals surface area contributed by atoms with Gasteiger partial charge in [-0.1, -0.05) is 59.6 Å². The van der Waals surface area contributed by atoms with Gasteiger partial charge < -0.3 is 38.0 Å². The molecule has 0 bridgehead atoms. The minimum absolute atomic E-state index is 0.0173. The third kappa shape index (κ3) is 6.99. The molecular weight excluding hydrogens is 791 g/mol. The maximum absolute atomic E-state index is 12.4. The van der Waals surface area contributed by atoms with Gasteiger partial charge in [0.2, 0.25) is 10.9 Å². The van der Waals surface area contributed by atoms with Crippen LogP contribution in [0.15, 0.2) is 115 Å². The molecule has 2 aliphatic heterocycles. The van der Waals surface area contributed by atoms with Crippen molar-refractivity contribution in [3.8, 4) is 67.9 Å². The van der Waals surface area contributed by atoms with E-state index in [1.165, 1.54) is 64.8 Å². The predicted molar refractivity (Wildman–Crippen MR) is 218 cm³/mol. The number of halogens is 2. The number of aromatic hydroxyl groups is 2. The van der Waals surface area contributed by atoms with Crippen LogP contribution < -0.4 is 20.3 Å². The molecule has 2 aliphatic carbocycles. The van der Waals surface area contributed by atoms with Crippen molar-refractivity contribution in [1.29, 1.82) is 0 Å². The average molecular weight is 822 g/mol. The van der Waals surface area contributed by atoms with E-state index in [-0.39, 0.29) is 50.0 Å². The lowest BCUT2D eigenvalue weighted by Crippen LogP contribution is -2.07. The molecule has 12 nitrogen and oxygen atoms in total. The number of phenols is 2. The standard InChI is InChI=1S/C23H18O7.C21H12Cl2O5/c1-27-20-8-14-18(10-16(20)24)30-19-11-17(25)21(28-2)9-15(19)22(14)12-6-4-5-7-13(12)23(26)29-3;1-27-21(26)11-5-3-2-4-10(11)20-12-6-14(22)16(24)8-18(12)28-19-9-17(25)15(23)7-13(19)20/h4-11,24H,1-3H3;2-9,24H,1H3. The SMILES string of the molecule is COC(=O)c1ccccc1-c1c2cc(Cl)c(=O)cc-2oc2cc(O)c(Cl)cc12.COC(=O)c1ccccc1-c1c2cc(OC)c(=O)cc-2oc2cc(O)c(OC)cc12. The molecule has 58 heavy (non-hydrogen) atoms. The Morgan fingerprint density at radius 1 is 0.534 bits per heavy atom. The Morgan fingerprint density at radius 2 is 1.02 bits per heavy atom. The smallest absolute Gasteiger partial charge is 0.338 e. The molecule has 0 radical (unpaired) electrons. The van der Waals surface area contributed by atoms with Gasteiger partial charge in [0, 0.05) is 57.3 Å². The summed E-state index contributed by atoms with van der Waals surface area (Å²) in [5.41, 5.74) is 3.94. The van der Waals surface area contributed by atoms with Crippen LogP contribution in [-0.4, -0.2) is 50.6 Å². The topological polar surface area (TPSA) is 172 Å². The van der Waals surface area contributed by atoms with Gasteiger partial charge in [0.1, 0.15) is 28.4 Å². The summed E-state index contributed by atoms with van der Waals surface area (Å²) >= 11 is 12.2. The Labute approximate surface area is 338 Å². The molecule has 0 aromatic heterocycles. The van der Waals surface area contributed by atoms with E-state index in [0.29, 0.717) is 66.4 Å². The van der Waals surface area contributed by atoms with Crippen molar-refractivity contribution in [2.24, 2.45) is 0 Å². The monoisotopic (exact) mass is 820 g/mol. The van der Waals surface area contributed by atoms with E-state index in [1.807, 2.05) is 0 Å². The highest BCUT2D eigenvalue weighted by Crippen LogP contribution is 2.46. The fraction of sp³-hybridized carbons (Fsp3) is 0.0909. The van der Waals surface area contributed by atoms with Crippen LogP contribution in [0.1, 0.15) is 20.7 Å². The largest absolute Gasteiger partial charge is 0.506 e. The summed E-state index contributed by atoms with van der Waals surface area (Å²) in [6.07, 6.45) is 0. The Kier molecular flexibility index (Phi) is 10.7. The fourth-order valence-electron chi connectivity index (χ4n) is 6.70. The number of ether oxygens (including phenoxy) is 4. The van der Waals surface area contributed by atoms with E-state index in [1.54, 1.807) is 60.7 Å². The molecule has 2 heterocycles. The maximum Gasteiger partial charge on any atom is 0.338 e. The number of carbonyl (C=O) groups is 2. The van der Waals surface area contributed by atoms with Gasteiger partial charge in [-0.25, -0.2) is 9.59 Å². The van der Waals surface area contributed by atoms with Gasteiger partial charge in [0.25, 0.3) is 0 Å². The summed E-state index contributed by atoms with van der Waals surface area (Å²) in [5, 5.41) is 21.5. The van der Waals surface area contributed by atoms with Crippen LogP contribution in [-0.2, 0) is 9.47 Å². The molecular formula is C44H30Cl2O12.